The lowest BCUT2D eigenvalue weighted by atomic mass is 10.3. The second-order valence-corrected chi connectivity index (χ2v) is 6.29. The Morgan fingerprint density at radius 3 is 2.89 bits per heavy atom. The fourth-order valence-electron chi connectivity index (χ4n) is 2.10. The summed E-state index contributed by atoms with van der Waals surface area (Å²) in [5.41, 5.74) is 0.506. The van der Waals surface area contributed by atoms with Crippen molar-refractivity contribution in [2.24, 2.45) is 0 Å². The van der Waals surface area contributed by atoms with Gasteiger partial charge in [0.15, 0.2) is 11.5 Å². The monoisotopic (exact) mass is 270 g/mol. The standard InChI is InChI=1S/C11H14N2O4S/c14-18(15,9-3-4-12-6-9)13-8-1-2-10-11(5-8)17-7-16-10/h1-2,5,9,12-13H,3-4,6-7H2. The van der Waals surface area contributed by atoms with Crippen molar-refractivity contribution in [3.63, 3.8) is 0 Å². The zero-order valence-electron chi connectivity index (χ0n) is 9.68. The molecular weight excluding hydrogens is 256 g/mol. The SMILES string of the molecule is O=S(=O)(Nc1ccc2c(c1)OCO2)C1CCNC1. The van der Waals surface area contributed by atoms with Crippen LogP contribution in [0.1, 0.15) is 6.42 Å². The Balaban J connectivity index is 1.80. The van der Waals surface area contributed by atoms with E-state index < -0.39 is 10.0 Å². The van der Waals surface area contributed by atoms with Crippen LogP contribution in [0.5, 0.6) is 11.5 Å². The van der Waals surface area contributed by atoms with Crippen LogP contribution in [0.3, 0.4) is 0 Å². The molecule has 2 heterocycles. The molecule has 98 valence electrons. The third-order valence-corrected chi connectivity index (χ3v) is 4.89. The molecule has 0 bridgehead atoms. The van der Waals surface area contributed by atoms with Crippen LogP contribution in [-0.4, -0.2) is 33.6 Å². The van der Waals surface area contributed by atoms with Gasteiger partial charge in [-0.2, -0.15) is 0 Å². The predicted molar refractivity (Wildman–Crippen MR) is 66.4 cm³/mol. The van der Waals surface area contributed by atoms with E-state index in [1.54, 1.807) is 18.2 Å². The summed E-state index contributed by atoms with van der Waals surface area (Å²) in [6, 6.07) is 5.02. The van der Waals surface area contributed by atoms with Gasteiger partial charge in [-0.05, 0) is 25.1 Å². The van der Waals surface area contributed by atoms with E-state index >= 15 is 0 Å². The minimum atomic E-state index is -3.34. The molecule has 0 radical (unpaired) electrons. The zero-order valence-corrected chi connectivity index (χ0v) is 10.5. The zero-order chi connectivity index (χ0) is 12.6. The Bertz CT molecular complexity index is 552. The minimum Gasteiger partial charge on any atom is -0.454 e. The number of hydrogen-bond donors (Lipinski definition) is 2. The van der Waals surface area contributed by atoms with Crippen molar-refractivity contribution >= 4 is 15.7 Å². The van der Waals surface area contributed by atoms with Gasteiger partial charge in [0.2, 0.25) is 16.8 Å². The van der Waals surface area contributed by atoms with Crippen LogP contribution in [0.25, 0.3) is 0 Å². The highest BCUT2D eigenvalue weighted by atomic mass is 32.2. The summed E-state index contributed by atoms with van der Waals surface area (Å²) in [6.45, 7) is 1.42. The number of fused-ring (bicyclic) bond motifs is 1. The molecule has 2 N–H and O–H groups in total. The van der Waals surface area contributed by atoms with E-state index in [0.29, 0.717) is 30.2 Å². The molecule has 0 amide bonds. The second kappa shape index (κ2) is 4.33. The molecule has 2 aliphatic rings. The number of hydrogen-bond acceptors (Lipinski definition) is 5. The molecule has 0 aromatic heterocycles. The van der Waals surface area contributed by atoms with Crippen molar-refractivity contribution in [2.75, 3.05) is 24.6 Å². The number of anilines is 1. The molecule has 0 saturated carbocycles. The van der Waals surface area contributed by atoms with E-state index in [1.165, 1.54) is 0 Å². The molecule has 1 aromatic rings. The van der Waals surface area contributed by atoms with Gasteiger partial charge < -0.3 is 14.8 Å². The highest BCUT2D eigenvalue weighted by Gasteiger charge is 2.28. The highest BCUT2D eigenvalue weighted by molar-refractivity contribution is 7.93. The van der Waals surface area contributed by atoms with Gasteiger partial charge in [-0.3, -0.25) is 4.72 Å². The van der Waals surface area contributed by atoms with Gasteiger partial charge in [0, 0.05) is 12.6 Å². The summed E-state index contributed by atoms with van der Waals surface area (Å²) >= 11 is 0. The quantitative estimate of drug-likeness (QED) is 0.837. The third-order valence-electron chi connectivity index (χ3n) is 3.09. The molecule has 1 atom stereocenters. The van der Waals surface area contributed by atoms with Crippen LogP contribution in [0.15, 0.2) is 18.2 Å². The molecule has 18 heavy (non-hydrogen) atoms. The topological polar surface area (TPSA) is 76.7 Å². The van der Waals surface area contributed by atoms with Gasteiger partial charge in [-0.15, -0.1) is 0 Å². The average Bonchev–Trinajstić information content (AvgIpc) is 2.99. The Hall–Kier alpha value is -1.47. The van der Waals surface area contributed by atoms with E-state index in [0.717, 1.165) is 6.54 Å². The van der Waals surface area contributed by atoms with E-state index in [1.807, 2.05) is 0 Å². The molecule has 1 unspecified atom stereocenters. The maximum absolute atomic E-state index is 12.1. The smallest absolute Gasteiger partial charge is 0.236 e. The maximum atomic E-state index is 12.1. The van der Waals surface area contributed by atoms with Gasteiger partial charge in [-0.25, -0.2) is 8.42 Å². The molecule has 2 aliphatic heterocycles. The number of ether oxygens (including phenoxy) is 2. The van der Waals surface area contributed by atoms with Crippen molar-refractivity contribution in [1.82, 2.24) is 5.32 Å². The van der Waals surface area contributed by atoms with E-state index in [4.69, 9.17) is 9.47 Å². The fraction of sp³-hybridized carbons (Fsp3) is 0.455. The first-order valence-electron chi connectivity index (χ1n) is 5.77. The molecule has 1 fully saturated rings. The summed E-state index contributed by atoms with van der Waals surface area (Å²) in [5, 5.41) is 2.67. The predicted octanol–water partition coefficient (Wildman–Crippen LogP) is 0.519. The minimum absolute atomic E-state index is 0.179. The van der Waals surface area contributed by atoms with E-state index in [-0.39, 0.29) is 12.0 Å². The van der Waals surface area contributed by atoms with Gasteiger partial charge in [0.25, 0.3) is 0 Å². The molecule has 1 aromatic carbocycles. The molecule has 0 aliphatic carbocycles. The number of sulfonamides is 1. The van der Waals surface area contributed by atoms with Gasteiger partial charge in [0.05, 0.1) is 10.9 Å². The van der Waals surface area contributed by atoms with Crippen LogP contribution >= 0.6 is 0 Å². The van der Waals surface area contributed by atoms with Gasteiger partial charge >= 0.3 is 0 Å². The summed E-state index contributed by atoms with van der Waals surface area (Å²) in [7, 11) is -3.34. The Morgan fingerprint density at radius 2 is 2.11 bits per heavy atom. The Kier molecular flexibility index (Phi) is 2.79. The lowest BCUT2D eigenvalue weighted by Crippen LogP contribution is -2.29. The highest BCUT2D eigenvalue weighted by Crippen LogP contribution is 2.34. The average molecular weight is 270 g/mol. The first-order chi connectivity index (χ1) is 8.65. The van der Waals surface area contributed by atoms with Crippen LogP contribution < -0.4 is 19.5 Å². The summed E-state index contributed by atoms with van der Waals surface area (Å²) < 4.78 is 37.1. The number of benzene rings is 1. The van der Waals surface area contributed by atoms with Crippen LogP contribution in [-0.2, 0) is 10.0 Å². The van der Waals surface area contributed by atoms with Crippen molar-refractivity contribution in [1.29, 1.82) is 0 Å². The van der Waals surface area contributed by atoms with E-state index in [9.17, 15) is 8.42 Å². The first-order valence-corrected chi connectivity index (χ1v) is 7.32. The summed E-state index contributed by atoms with van der Waals surface area (Å²) in [5.74, 6) is 1.21. The fourth-order valence-corrected chi connectivity index (χ4v) is 3.49. The lowest BCUT2D eigenvalue weighted by molar-refractivity contribution is 0.174. The van der Waals surface area contributed by atoms with Crippen LogP contribution in [0, 0.1) is 0 Å². The number of rotatable bonds is 3. The normalized spacial score (nSPS) is 22.1. The van der Waals surface area contributed by atoms with Crippen LogP contribution in [0.4, 0.5) is 5.69 Å². The molecule has 1 saturated heterocycles. The van der Waals surface area contributed by atoms with E-state index in [2.05, 4.69) is 10.0 Å². The maximum Gasteiger partial charge on any atom is 0.236 e. The van der Waals surface area contributed by atoms with Crippen molar-refractivity contribution in [2.45, 2.75) is 11.7 Å². The molecule has 6 nitrogen and oxygen atoms in total. The Morgan fingerprint density at radius 1 is 1.28 bits per heavy atom. The molecular formula is C11H14N2O4S. The summed E-state index contributed by atoms with van der Waals surface area (Å²) in [4.78, 5) is 0. The van der Waals surface area contributed by atoms with Crippen molar-refractivity contribution < 1.29 is 17.9 Å². The largest absolute Gasteiger partial charge is 0.454 e. The number of nitrogens with one attached hydrogen (secondary N) is 2. The van der Waals surface area contributed by atoms with Gasteiger partial charge in [0.1, 0.15) is 0 Å². The Labute approximate surface area is 105 Å². The molecule has 3 rings (SSSR count). The lowest BCUT2D eigenvalue weighted by Gasteiger charge is -2.13. The molecule has 7 heteroatoms. The first kappa shape index (κ1) is 11.6. The van der Waals surface area contributed by atoms with Crippen molar-refractivity contribution in [3.05, 3.63) is 18.2 Å². The van der Waals surface area contributed by atoms with Crippen molar-refractivity contribution in [3.8, 4) is 11.5 Å². The second-order valence-electron chi connectivity index (χ2n) is 4.33. The van der Waals surface area contributed by atoms with Crippen LogP contribution in [0.2, 0.25) is 0 Å². The molecule has 0 spiro atoms. The third kappa shape index (κ3) is 2.11. The van der Waals surface area contributed by atoms with Gasteiger partial charge in [-0.1, -0.05) is 0 Å². The summed E-state index contributed by atoms with van der Waals surface area (Å²) in [6.07, 6.45) is 0.639.